The predicted octanol–water partition coefficient (Wildman–Crippen LogP) is 1.38. The number of morpholine rings is 1. The summed E-state index contributed by atoms with van der Waals surface area (Å²) < 4.78 is 8.27. The average molecular weight is 232 g/mol. The second kappa shape index (κ2) is 4.39. The van der Waals surface area contributed by atoms with Crippen LogP contribution in [0.5, 0.6) is 5.75 Å². The molecule has 3 N–H and O–H groups in total. The minimum absolute atomic E-state index is 0.214. The molecule has 1 aliphatic heterocycles. The third-order valence-electron chi connectivity index (χ3n) is 1.94. The third-order valence-corrected chi connectivity index (χ3v) is 4.22. The lowest BCUT2D eigenvalue weighted by Gasteiger charge is -2.24. The number of ether oxygens (including phenoxy) is 1. The topological polar surface area (TPSA) is 58.7 Å². The van der Waals surface area contributed by atoms with E-state index in [1.54, 1.807) is 17.3 Å². The van der Waals surface area contributed by atoms with E-state index in [1.165, 1.54) is 11.3 Å². The maximum atomic E-state index is 9.57. The highest BCUT2D eigenvalue weighted by Crippen LogP contribution is 2.40. The molecule has 6 heteroatoms. The number of hydrogen-bond acceptors (Lipinski definition) is 6. The Morgan fingerprint density at radius 1 is 1.50 bits per heavy atom. The molecule has 0 atom stereocenters. The normalized spacial score (nSPS) is 18.6. The molecule has 2 rings (SSSR count). The van der Waals surface area contributed by atoms with Gasteiger partial charge in [0, 0.05) is 18.5 Å². The molecular formula is C8H12N2O2S2. The second-order valence-electron chi connectivity index (χ2n) is 2.96. The quantitative estimate of drug-likeness (QED) is 0.754. The monoisotopic (exact) mass is 232 g/mol. The van der Waals surface area contributed by atoms with E-state index in [0.717, 1.165) is 30.5 Å². The third kappa shape index (κ3) is 2.14. The van der Waals surface area contributed by atoms with E-state index in [9.17, 15) is 5.11 Å². The second-order valence-corrected chi connectivity index (χ2v) is 5.21. The maximum absolute atomic E-state index is 9.57. The van der Waals surface area contributed by atoms with Gasteiger partial charge in [-0.05, 0) is 11.9 Å². The lowest BCUT2D eigenvalue weighted by molar-refractivity contribution is 0.0773. The van der Waals surface area contributed by atoms with Crippen LogP contribution in [0.15, 0.2) is 9.59 Å². The number of anilines is 1. The van der Waals surface area contributed by atoms with Gasteiger partial charge in [0.15, 0.2) is 5.75 Å². The van der Waals surface area contributed by atoms with Crippen LogP contribution < -0.4 is 5.73 Å². The molecule has 4 nitrogen and oxygen atoms in total. The molecule has 0 unspecified atom stereocenters. The van der Waals surface area contributed by atoms with Gasteiger partial charge in [-0.15, -0.1) is 11.3 Å². The Hall–Kier alpha value is -0.430. The van der Waals surface area contributed by atoms with Gasteiger partial charge in [-0.1, -0.05) is 0 Å². The van der Waals surface area contributed by atoms with Crippen molar-refractivity contribution in [3.63, 3.8) is 0 Å². The SMILES string of the molecule is Nc1csc(SN2CCOCC2)c1O. The Morgan fingerprint density at radius 2 is 2.21 bits per heavy atom. The summed E-state index contributed by atoms with van der Waals surface area (Å²) in [6.45, 7) is 3.30. The Balaban J connectivity index is 1.99. The van der Waals surface area contributed by atoms with Crippen LogP contribution in [0.1, 0.15) is 0 Å². The highest BCUT2D eigenvalue weighted by molar-refractivity contribution is 7.99. The lowest BCUT2D eigenvalue weighted by Crippen LogP contribution is -2.30. The zero-order valence-corrected chi connectivity index (χ0v) is 9.24. The van der Waals surface area contributed by atoms with E-state index in [2.05, 4.69) is 4.31 Å². The molecule has 0 aliphatic carbocycles. The summed E-state index contributed by atoms with van der Waals surface area (Å²) in [5.41, 5.74) is 6.01. The molecule has 0 aromatic carbocycles. The average Bonchev–Trinajstić information content (AvgIpc) is 2.52. The number of nitrogen functional groups attached to an aromatic ring is 1. The molecule has 2 heterocycles. The minimum atomic E-state index is 0.214. The van der Waals surface area contributed by atoms with Crippen LogP contribution in [-0.2, 0) is 4.74 Å². The zero-order valence-electron chi connectivity index (χ0n) is 7.60. The summed E-state index contributed by atoms with van der Waals surface area (Å²) in [6.07, 6.45) is 0. The van der Waals surface area contributed by atoms with Crippen LogP contribution in [0, 0.1) is 0 Å². The van der Waals surface area contributed by atoms with Crippen LogP contribution in [0.25, 0.3) is 0 Å². The van der Waals surface area contributed by atoms with Crippen molar-refractivity contribution in [2.45, 2.75) is 4.21 Å². The molecule has 0 saturated carbocycles. The van der Waals surface area contributed by atoms with Crippen molar-refractivity contribution in [3.8, 4) is 5.75 Å². The summed E-state index contributed by atoms with van der Waals surface area (Å²) in [4.78, 5) is 0. The van der Waals surface area contributed by atoms with E-state index >= 15 is 0 Å². The van der Waals surface area contributed by atoms with E-state index in [0.29, 0.717) is 5.69 Å². The first-order valence-electron chi connectivity index (χ1n) is 4.34. The number of hydrogen-bond donors (Lipinski definition) is 2. The predicted molar refractivity (Wildman–Crippen MR) is 58.6 cm³/mol. The Labute approximate surface area is 90.8 Å². The van der Waals surface area contributed by atoms with Gasteiger partial charge in [-0.3, -0.25) is 0 Å². The van der Waals surface area contributed by atoms with Crippen molar-refractivity contribution < 1.29 is 9.84 Å². The van der Waals surface area contributed by atoms with Crippen molar-refractivity contribution in [2.75, 3.05) is 32.0 Å². The smallest absolute Gasteiger partial charge is 0.164 e. The Morgan fingerprint density at radius 3 is 2.79 bits per heavy atom. The number of aromatic hydroxyl groups is 1. The fraction of sp³-hybridized carbons (Fsp3) is 0.500. The van der Waals surface area contributed by atoms with Crippen molar-refractivity contribution >= 4 is 29.0 Å². The number of rotatable bonds is 2. The molecule has 1 fully saturated rings. The van der Waals surface area contributed by atoms with Crippen LogP contribution in [0.4, 0.5) is 5.69 Å². The van der Waals surface area contributed by atoms with E-state index in [1.807, 2.05) is 0 Å². The van der Waals surface area contributed by atoms with Gasteiger partial charge in [-0.25, -0.2) is 4.31 Å². The molecule has 0 radical (unpaired) electrons. The first-order valence-corrected chi connectivity index (χ1v) is 5.99. The highest BCUT2D eigenvalue weighted by atomic mass is 32.2. The molecule has 1 aliphatic rings. The molecular weight excluding hydrogens is 220 g/mol. The van der Waals surface area contributed by atoms with Crippen molar-refractivity contribution in [1.82, 2.24) is 4.31 Å². The summed E-state index contributed by atoms with van der Waals surface area (Å²) >= 11 is 3.03. The summed E-state index contributed by atoms with van der Waals surface area (Å²) in [5.74, 6) is 0.214. The molecule has 1 aromatic heterocycles. The zero-order chi connectivity index (χ0) is 9.97. The van der Waals surface area contributed by atoms with Gasteiger partial charge in [-0.2, -0.15) is 0 Å². The first kappa shape index (κ1) is 10.1. The van der Waals surface area contributed by atoms with Crippen LogP contribution in [0.2, 0.25) is 0 Å². The summed E-state index contributed by atoms with van der Waals surface area (Å²) in [5, 5.41) is 11.3. The highest BCUT2D eigenvalue weighted by Gasteiger charge is 2.16. The maximum Gasteiger partial charge on any atom is 0.164 e. The van der Waals surface area contributed by atoms with E-state index < -0.39 is 0 Å². The number of thiophene rings is 1. The molecule has 0 bridgehead atoms. The van der Waals surface area contributed by atoms with Crippen LogP contribution in [0.3, 0.4) is 0 Å². The molecule has 78 valence electrons. The van der Waals surface area contributed by atoms with Gasteiger partial charge in [0.1, 0.15) is 4.21 Å². The van der Waals surface area contributed by atoms with Gasteiger partial charge in [0.2, 0.25) is 0 Å². The molecule has 0 spiro atoms. The van der Waals surface area contributed by atoms with Crippen LogP contribution >= 0.6 is 23.3 Å². The largest absolute Gasteiger partial charge is 0.504 e. The van der Waals surface area contributed by atoms with Gasteiger partial charge in [0.25, 0.3) is 0 Å². The van der Waals surface area contributed by atoms with E-state index in [4.69, 9.17) is 10.5 Å². The van der Waals surface area contributed by atoms with Crippen molar-refractivity contribution in [2.24, 2.45) is 0 Å². The summed E-state index contributed by atoms with van der Waals surface area (Å²) in [6, 6.07) is 0. The van der Waals surface area contributed by atoms with Gasteiger partial charge >= 0.3 is 0 Å². The number of nitrogens with zero attached hydrogens (tertiary/aromatic N) is 1. The fourth-order valence-electron chi connectivity index (χ4n) is 1.17. The minimum Gasteiger partial charge on any atom is -0.504 e. The van der Waals surface area contributed by atoms with Crippen molar-refractivity contribution in [3.05, 3.63) is 5.38 Å². The van der Waals surface area contributed by atoms with Crippen molar-refractivity contribution in [1.29, 1.82) is 0 Å². The molecule has 1 saturated heterocycles. The molecule has 14 heavy (non-hydrogen) atoms. The van der Waals surface area contributed by atoms with Gasteiger partial charge in [0.05, 0.1) is 18.9 Å². The standard InChI is InChI=1S/C8H12N2O2S2/c9-6-5-13-8(7(6)11)14-10-1-3-12-4-2-10/h5,11H,1-4,9H2. The van der Waals surface area contributed by atoms with E-state index in [-0.39, 0.29) is 5.75 Å². The lowest BCUT2D eigenvalue weighted by atomic mass is 10.5. The Bertz CT molecular complexity index is 310. The first-order chi connectivity index (χ1) is 6.77. The Kier molecular flexibility index (Phi) is 3.17. The fourth-order valence-corrected chi connectivity index (χ4v) is 3.14. The molecule has 1 aromatic rings. The summed E-state index contributed by atoms with van der Waals surface area (Å²) in [7, 11) is 0. The van der Waals surface area contributed by atoms with Gasteiger partial charge < -0.3 is 15.6 Å². The van der Waals surface area contributed by atoms with Crippen LogP contribution in [-0.4, -0.2) is 35.7 Å². The molecule has 0 amide bonds. The number of nitrogens with two attached hydrogens (primary N) is 1.